The second-order valence-corrected chi connectivity index (χ2v) is 12.5. The molecular weight excluding hydrogens is 557 g/mol. The highest BCUT2D eigenvalue weighted by Crippen LogP contribution is 2.51. The van der Waals surface area contributed by atoms with Gasteiger partial charge in [-0.2, -0.15) is 0 Å². The molecule has 4 heteroatoms. The second-order valence-electron chi connectivity index (χ2n) is 12.5. The van der Waals surface area contributed by atoms with Crippen LogP contribution in [0.2, 0.25) is 0 Å². The highest BCUT2D eigenvalue weighted by Gasteiger charge is 2.48. The largest absolute Gasteiger partial charge is 0.376 e. The summed E-state index contributed by atoms with van der Waals surface area (Å²) >= 11 is 0. The van der Waals surface area contributed by atoms with Crippen LogP contribution in [0.25, 0.3) is 49.7 Å². The van der Waals surface area contributed by atoms with E-state index < -0.39 is 0 Å². The number of benzene rings is 7. The van der Waals surface area contributed by atoms with Gasteiger partial charge in [0.05, 0.1) is 11.0 Å². The summed E-state index contributed by atoms with van der Waals surface area (Å²) in [5.74, 6) is 0. The van der Waals surface area contributed by atoms with E-state index in [1.807, 2.05) is 0 Å². The SMILES string of the molecule is c1cc(N2c3cccc4c3B3c5c(cccc52)-c2ccccc2N3c2ccccc2-4)cc(-n2c3ccccc3c3ccccc32)c1. The maximum Gasteiger partial charge on any atom is 0.333 e. The molecule has 0 bridgehead atoms. The number of anilines is 5. The Hall–Kier alpha value is -6.00. The minimum Gasteiger partial charge on any atom is -0.376 e. The zero-order valence-electron chi connectivity index (χ0n) is 24.9. The Morgan fingerprint density at radius 2 is 0.826 bits per heavy atom. The van der Waals surface area contributed by atoms with Crippen molar-refractivity contribution in [1.82, 2.24) is 4.57 Å². The van der Waals surface area contributed by atoms with Gasteiger partial charge in [-0.15, -0.1) is 0 Å². The fourth-order valence-corrected chi connectivity index (χ4v) is 8.55. The van der Waals surface area contributed by atoms with Crippen LogP contribution in [0.3, 0.4) is 0 Å². The average molecular weight is 584 g/mol. The molecule has 0 saturated carbocycles. The molecule has 0 fully saturated rings. The summed E-state index contributed by atoms with van der Waals surface area (Å²) in [6.45, 7) is 0.0963. The summed E-state index contributed by atoms with van der Waals surface area (Å²) in [6.07, 6.45) is 0. The predicted octanol–water partition coefficient (Wildman–Crippen LogP) is 9.47. The molecule has 0 saturated heterocycles. The molecule has 0 amide bonds. The minimum atomic E-state index is 0.0963. The van der Waals surface area contributed by atoms with Crippen molar-refractivity contribution in [1.29, 1.82) is 0 Å². The van der Waals surface area contributed by atoms with E-state index in [0.29, 0.717) is 0 Å². The van der Waals surface area contributed by atoms with E-state index in [4.69, 9.17) is 0 Å². The molecule has 3 nitrogen and oxygen atoms in total. The van der Waals surface area contributed by atoms with Crippen molar-refractivity contribution in [2.24, 2.45) is 0 Å². The van der Waals surface area contributed by atoms with Crippen molar-refractivity contribution in [2.45, 2.75) is 0 Å². The quantitative estimate of drug-likeness (QED) is 0.188. The summed E-state index contributed by atoms with van der Waals surface area (Å²) in [4.78, 5) is 5.10. The molecule has 1 aromatic heterocycles. The molecule has 4 heterocycles. The van der Waals surface area contributed by atoms with E-state index in [-0.39, 0.29) is 6.85 Å². The van der Waals surface area contributed by atoms with Gasteiger partial charge in [0.25, 0.3) is 0 Å². The van der Waals surface area contributed by atoms with Gasteiger partial charge in [0.15, 0.2) is 0 Å². The Morgan fingerprint density at radius 1 is 0.370 bits per heavy atom. The van der Waals surface area contributed by atoms with E-state index in [2.05, 4.69) is 172 Å². The highest BCUT2D eigenvalue weighted by molar-refractivity contribution is 6.95. The average Bonchev–Trinajstić information content (AvgIpc) is 3.46. The number of hydrogen-bond donors (Lipinski definition) is 0. The second kappa shape index (κ2) is 8.80. The number of fused-ring (bicyclic) bond motifs is 9. The van der Waals surface area contributed by atoms with Crippen LogP contribution >= 0.6 is 0 Å². The summed E-state index contributed by atoms with van der Waals surface area (Å²) in [5, 5.41) is 2.55. The van der Waals surface area contributed by atoms with Crippen molar-refractivity contribution in [3.8, 4) is 27.9 Å². The van der Waals surface area contributed by atoms with Gasteiger partial charge in [-0.1, -0.05) is 103 Å². The Kier molecular flexibility index (Phi) is 4.66. The molecule has 0 atom stereocenters. The molecule has 8 aromatic rings. The fourth-order valence-electron chi connectivity index (χ4n) is 8.55. The maximum absolute atomic E-state index is 2.59. The van der Waals surface area contributed by atoms with E-state index in [9.17, 15) is 0 Å². The lowest BCUT2D eigenvalue weighted by atomic mass is 9.41. The van der Waals surface area contributed by atoms with Gasteiger partial charge >= 0.3 is 6.85 Å². The van der Waals surface area contributed by atoms with Gasteiger partial charge in [-0.05, 0) is 76.6 Å². The van der Waals surface area contributed by atoms with E-state index in [0.717, 1.165) is 11.4 Å². The van der Waals surface area contributed by atoms with Gasteiger partial charge in [0.2, 0.25) is 0 Å². The molecule has 46 heavy (non-hydrogen) atoms. The smallest absolute Gasteiger partial charge is 0.333 e. The lowest BCUT2D eigenvalue weighted by molar-refractivity contribution is 1.17. The molecule has 0 N–H and O–H groups in total. The number of hydrogen-bond acceptors (Lipinski definition) is 2. The summed E-state index contributed by atoms with van der Waals surface area (Å²) in [5.41, 5.74) is 17.7. The lowest BCUT2D eigenvalue weighted by Gasteiger charge is -2.49. The number of rotatable bonds is 2. The molecule has 212 valence electrons. The van der Waals surface area contributed by atoms with Crippen molar-refractivity contribution < 1.29 is 0 Å². The van der Waals surface area contributed by atoms with Gasteiger partial charge in [0, 0.05) is 56.0 Å². The Balaban J connectivity index is 1.22. The van der Waals surface area contributed by atoms with Crippen LogP contribution < -0.4 is 20.6 Å². The molecule has 0 radical (unpaired) electrons. The van der Waals surface area contributed by atoms with Crippen LogP contribution in [0.5, 0.6) is 0 Å². The van der Waals surface area contributed by atoms with Gasteiger partial charge < -0.3 is 14.3 Å². The molecule has 3 aliphatic rings. The molecule has 0 aliphatic carbocycles. The third-order valence-electron chi connectivity index (χ3n) is 10.3. The zero-order valence-corrected chi connectivity index (χ0v) is 24.9. The summed E-state index contributed by atoms with van der Waals surface area (Å²) in [6, 6.07) is 58.1. The normalized spacial score (nSPS) is 13.5. The standard InChI is InChI=1S/C42H26BN3/c1-5-20-35-29(14-1)30-15-2-6-21-36(30)44(35)27-12-9-13-28(26-27)45-39-24-10-18-33-31-16-3-7-22-37(31)46-38-23-8-4-17-32(38)34-19-11-25-40(45)42(34)43(46)41(33)39/h1-26H. The van der Waals surface area contributed by atoms with Crippen LogP contribution in [0.4, 0.5) is 28.4 Å². The van der Waals surface area contributed by atoms with Crippen molar-refractivity contribution in [2.75, 3.05) is 9.71 Å². The number of nitrogens with zero attached hydrogens (tertiary/aromatic N) is 3. The monoisotopic (exact) mass is 583 g/mol. The van der Waals surface area contributed by atoms with Gasteiger partial charge in [0.1, 0.15) is 0 Å². The fraction of sp³-hybridized carbons (Fsp3) is 0. The van der Waals surface area contributed by atoms with Gasteiger partial charge in [-0.25, -0.2) is 0 Å². The molecule has 3 aliphatic heterocycles. The van der Waals surface area contributed by atoms with E-state index in [1.54, 1.807) is 0 Å². The zero-order chi connectivity index (χ0) is 29.9. The Bertz CT molecular complexity index is 2430. The molecule has 0 spiro atoms. The first-order chi connectivity index (χ1) is 22.9. The number of aromatic nitrogens is 1. The molecule has 0 unspecified atom stereocenters. The number of para-hydroxylation sites is 4. The summed E-state index contributed by atoms with van der Waals surface area (Å²) < 4.78 is 2.41. The van der Waals surface area contributed by atoms with E-state index >= 15 is 0 Å². The van der Waals surface area contributed by atoms with E-state index in [1.165, 1.54) is 77.7 Å². The summed E-state index contributed by atoms with van der Waals surface area (Å²) in [7, 11) is 0. The van der Waals surface area contributed by atoms with Gasteiger partial charge in [-0.3, -0.25) is 0 Å². The Labute approximate surface area is 267 Å². The first-order valence-corrected chi connectivity index (χ1v) is 16.0. The van der Waals surface area contributed by atoms with Crippen molar-refractivity contribution in [3.63, 3.8) is 0 Å². The van der Waals surface area contributed by atoms with Crippen molar-refractivity contribution in [3.05, 3.63) is 158 Å². The third kappa shape index (κ3) is 2.99. The topological polar surface area (TPSA) is 11.4 Å². The van der Waals surface area contributed by atoms with Crippen LogP contribution in [0.15, 0.2) is 158 Å². The Morgan fingerprint density at radius 3 is 1.43 bits per heavy atom. The predicted molar refractivity (Wildman–Crippen MR) is 193 cm³/mol. The first kappa shape index (κ1) is 24.3. The maximum atomic E-state index is 2.59. The highest BCUT2D eigenvalue weighted by atomic mass is 15.2. The molecule has 7 aromatic carbocycles. The minimum absolute atomic E-state index is 0.0963. The lowest BCUT2D eigenvalue weighted by Crippen LogP contribution is -2.63. The van der Waals surface area contributed by atoms with Crippen LogP contribution in [-0.4, -0.2) is 11.4 Å². The van der Waals surface area contributed by atoms with Crippen LogP contribution in [0.1, 0.15) is 0 Å². The third-order valence-corrected chi connectivity index (χ3v) is 10.3. The van der Waals surface area contributed by atoms with Crippen molar-refractivity contribution >= 4 is 68.0 Å². The first-order valence-electron chi connectivity index (χ1n) is 16.0. The molecule has 11 rings (SSSR count). The van der Waals surface area contributed by atoms with Crippen LogP contribution in [-0.2, 0) is 0 Å². The molecular formula is C42H26BN3. The van der Waals surface area contributed by atoms with Crippen LogP contribution in [0, 0.1) is 0 Å².